The predicted octanol–water partition coefficient (Wildman–Crippen LogP) is 1.71. The minimum absolute atomic E-state index is 0.175. The lowest BCUT2D eigenvalue weighted by atomic mass is 10.1. The highest BCUT2D eigenvalue weighted by Crippen LogP contribution is 2.15. The Kier molecular flexibility index (Phi) is 3.05. The summed E-state index contributed by atoms with van der Waals surface area (Å²) in [7, 11) is 1.74. The molecule has 114 valence electrons. The number of fused-ring (bicyclic) bond motifs is 2. The molecular formula is C16H18N4O2. The number of carbonyl (C=O) groups excluding carboxylic acids is 1. The van der Waals surface area contributed by atoms with Gasteiger partial charge in [0.05, 0.1) is 5.39 Å². The zero-order chi connectivity index (χ0) is 16.1. The third kappa shape index (κ3) is 2.26. The van der Waals surface area contributed by atoms with E-state index in [0.29, 0.717) is 22.4 Å². The summed E-state index contributed by atoms with van der Waals surface area (Å²) in [6.45, 7) is 5.74. The normalized spacial score (nSPS) is 12.0. The highest BCUT2D eigenvalue weighted by molar-refractivity contribution is 5.98. The second-order valence-electron chi connectivity index (χ2n) is 6.38. The number of hydrogen-bond donors (Lipinski definition) is 1. The molecule has 0 spiro atoms. The van der Waals surface area contributed by atoms with Gasteiger partial charge in [0.25, 0.3) is 11.5 Å². The van der Waals surface area contributed by atoms with Crippen LogP contribution in [0.25, 0.3) is 16.7 Å². The molecule has 0 aliphatic rings. The van der Waals surface area contributed by atoms with Gasteiger partial charge >= 0.3 is 0 Å². The Balaban J connectivity index is 2.25. The van der Waals surface area contributed by atoms with E-state index in [0.717, 1.165) is 0 Å². The molecule has 3 rings (SSSR count). The third-order valence-corrected chi connectivity index (χ3v) is 3.43. The first-order valence-electron chi connectivity index (χ1n) is 7.07. The highest BCUT2D eigenvalue weighted by atomic mass is 16.2. The molecule has 1 amide bonds. The van der Waals surface area contributed by atoms with Crippen LogP contribution in [0.2, 0.25) is 0 Å². The molecule has 3 aromatic heterocycles. The summed E-state index contributed by atoms with van der Waals surface area (Å²) in [5.74, 6) is -0.221. The van der Waals surface area contributed by atoms with Gasteiger partial charge in [-0.3, -0.25) is 14.0 Å². The Morgan fingerprint density at radius 2 is 2.00 bits per heavy atom. The van der Waals surface area contributed by atoms with E-state index in [1.807, 2.05) is 26.8 Å². The Bertz CT molecular complexity index is 944. The number of nitrogens with zero attached hydrogens (tertiary/aromatic N) is 3. The van der Waals surface area contributed by atoms with E-state index in [4.69, 9.17) is 0 Å². The number of hydrogen-bond acceptors (Lipinski definition) is 3. The summed E-state index contributed by atoms with van der Waals surface area (Å²) in [6.07, 6.45) is 1.67. The monoisotopic (exact) mass is 298 g/mol. The predicted molar refractivity (Wildman–Crippen MR) is 85.2 cm³/mol. The van der Waals surface area contributed by atoms with Gasteiger partial charge in [0, 0.05) is 18.8 Å². The number of aryl methyl sites for hydroxylation is 1. The molecule has 0 bridgehead atoms. The van der Waals surface area contributed by atoms with Gasteiger partial charge in [0.2, 0.25) is 0 Å². The van der Waals surface area contributed by atoms with E-state index in [1.165, 1.54) is 4.40 Å². The Hall–Kier alpha value is -2.63. The van der Waals surface area contributed by atoms with Crippen molar-refractivity contribution in [1.82, 2.24) is 19.3 Å². The number of amides is 1. The zero-order valence-electron chi connectivity index (χ0n) is 13.0. The van der Waals surface area contributed by atoms with Crippen LogP contribution in [0.15, 0.2) is 35.3 Å². The summed E-state index contributed by atoms with van der Waals surface area (Å²) in [6, 6.07) is 6.97. The fourth-order valence-electron chi connectivity index (χ4n) is 2.44. The quantitative estimate of drug-likeness (QED) is 0.743. The molecule has 1 N–H and O–H groups in total. The molecule has 3 aromatic rings. The minimum Gasteiger partial charge on any atom is -0.346 e. The van der Waals surface area contributed by atoms with Gasteiger partial charge in [0.15, 0.2) is 0 Å². The first kappa shape index (κ1) is 14.3. The average molecular weight is 298 g/mol. The smallest absolute Gasteiger partial charge is 0.268 e. The largest absolute Gasteiger partial charge is 0.346 e. The fourth-order valence-corrected chi connectivity index (χ4v) is 2.44. The SMILES string of the molecule is Cn1c(C(=O)NC(C)(C)C)cc2c(=O)n3ccccc3nc21. The fraction of sp³-hybridized carbons (Fsp3) is 0.312. The molecule has 22 heavy (non-hydrogen) atoms. The van der Waals surface area contributed by atoms with Crippen molar-refractivity contribution in [3.05, 3.63) is 46.5 Å². The van der Waals surface area contributed by atoms with Gasteiger partial charge in [-0.1, -0.05) is 6.07 Å². The van der Waals surface area contributed by atoms with Crippen molar-refractivity contribution in [2.24, 2.45) is 7.05 Å². The van der Waals surface area contributed by atoms with E-state index in [9.17, 15) is 9.59 Å². The van der Waals surface area contributed by atoms with Crippen molar-refractivity contribution < 1.29 is 4.79 Å². The van der Waals surface area contributed by atoms with Gasteiger partial charge in [-0.2, -0.15) is 0 Å². The Labute approximate surface area is 127 Å². The summed E-state index contributed by atoms with van der Waals surface area (Å²) in [5.41, 5.74) is 0.969. The molecule has 3 heterocycles. The lowest BCUT2D eigenvalue weighted by Gasteiger charge is -2.20. The van der Waals surface area contributed by atoms with Crippen molar-refractivity contribution in [2.75, 3.05) is 0 Å². The van der Waals surface area contributed by atoms with E-state index >= 15 is 0 Å². The molecule has 0 aromatic carbocycles. The topological polar surface area (TPSA) is 68.4 Å². The van der Waals surface area contributed by atoms with Crippen LogP contribution in [0.1, 0.15) is 31.3 Å². The number of aromatic nitrogens is 3. The molecule has 6 nitrogen and oxygen atoms in total. The van der Waals surface area contributed by atoms with Crippen LogP contribution in [0.4, 0.5) is 0 Å². The summed E-state index contributed by atoms with van der Waals surface area (Å²) in [4.78, 5) is 29.4. The van der Waals surface area contributed by atoms with E-state index in [2.05, 4.69) is 10.3 Å². The van der Waals surface area contributed by atoms with Crippen LogP contribution in [-0.4, -0.2) is 25.4 Å². The summed E-state index contributed by atoms with van der Waals surface area (Å²) < 4.78 is 3.14. The van der Waals surface area contributed by atoms with Crippen LogP contribution >= 0.6 is 0 Å². The maximum atomic E-state index is 12.5. The lowest BCUT2D eigenvalue weighted by molar-refractivity contribution is 0.0911. The maximum Gasteiger partial charge on any atom is 0.268 e. The van der Waals surface area contributed by atoms with Gasteiger partial charge in [0.1, 0.15) is 17.0 Å². The Morgan fingerprint density at radius 1 is 1.27 bits per heavy atom. The van der Waals surface area contributed by atoms with Crippen molar-refractivity contribution >= 4 is 22.6 Å². The second-order valence-corrected chi connectivity index (χ2v) is 6.38. The Morgan fingerprint density at radius 3 is 2.68 bits per heavy atom. The molecule has 0 aliphatic carbocycles. The van der Waals surface area contributed by atoms with Crippen molar-refractivity contribution in [2.45, 2.75) is 26.3 Å². The maximum absolute atomic E-state index is 12.5. The van der Waals surface area contributed by atoms with Crippen LogP contribution < -0.4 is 10.9 Å². The molecule has 0 radical (unpaired) electrons. The molecule has 6 heteroatoms. The highest BCUT2D eigenvalue weighted by Gasteiger charge is 2.21. The van der Waals surface area contributed by atoms with Gasteiger partial charge in [-0.15, -0.1) is 0 Å². The standard InChI is InChI=1S/C16H18N4O2/c1-16(2,3)18-14(21)11-9-10-13(19(11)4)17-12-7-5-6-8-20(12)15(10)22/h5-9H,1-4H3,(H,18,21). The average Bonchev–Trinajstić information content (AvgIpc) is 2.75. The molecule has 0 atom stereocenters. The van der Waals surface area contributed by atoms with Crippen LogP contribution in [-0.2, 0) is 7.05 Å². The van der Waals surface area contributed by atoms with Gasteiger partial charge in [-0.25, -0.2) is 4.98 Å². The second kappa shape index (κ2) is 4.69. The van der Waals surface area contributed by atoms with Crippen molar-refractivity contribution in [3.8, 4) is 0 Å². The van der Waals surface area contributed by atoms with Crippen LogP contribution in [0.5, 0.6) is 0 Å². The van der Waals surface area contributed by atoms with Gasteiger partial charge < -0.3 is 9.88 Å². The van der Waals surface area contributed by atoms with E-state index < -0.39 is 0 Å². The molecule has 0 unspecified atom stereocenters. The molecular weight excluding hydrogens is 280 g/mol. The zero-order valence-corrected chi connectivity index (χ0v) is 13.0. The number of nitrogens with one attached hydrogen (secondary N) is 1. The summed E-state index contributed by atoms with van der Waals surface area (Å²) in [5, 5.41) is 3.34. The number of rotatable bonds is 1. The lowest BCUT2D eigenvalue weighted by Crippen LogP contribution is -2.41. The van der Waals surface area contributed by atoms with Gasteiger partial charge in [-0.05, 0) is 39.0 Å². The van der Waals surface area contributed by atoms with E-state index in [1.54, 1.807) is 36.0 Å². The number of pyridine rings is 1. The van der Waals surface area contributed by atoms with Crippen molar-refractivity contribution in [1.29, 1.82) is 0 Å². The molecule has 0 saturated carbocycles. The minimum atomic E-state index is -0.347. The summed E-state index contributed by atoms with van der Waals surface area (Å²) >= 11 is 0. The van der Waals surface area contributed by atoms with Crippen LogP contribution in [0, 0.1) is 0 Å². The number of carbonyl (C=O) groups is 1. The van der Waals surface area contributed by atoms with Crippen LogP contribution in [0.3, 0.4) is 0 Å². The van der Waals surface area contributed by atoms with Crippen molar-refractivity contribution in [3.63, 3.8) is 0 Å². The molecule has 0 fully saturated rings. The molecule has 0 saturated heterocycles. The van der Waals surface area contributed by atoms with E-state index in [-0.39, 0.29) is 17.0 Å². The first-order chi connectivity index (χ1) is 10.3. The third-order valence-electron chi connectivity index (χ3n) is 3.43. The first-order valence-corrected chi connectivity index (χ1v) is 7.07. The molecule has 0 aliphatic heterocycles.